The van der Waals surface area contributed by atoms with E-state index in [4.69, 9.17) is 0 Å². The van der Waals surface area contributed by atoms with E-state index in [1.165, 1.54) is 11.9 Å². The van der Waals surface area contributed by atoms with Gasteiger partial charge in [0.05, 0.1) is 28.5 Å². The molecular weight excluding hydrogens is 234 g/mol. The van der Waals surface area contributed by atoms with Gasteiger partial charge in [0.15, 0.2) is 0 Å². The highest BCUT2D eigenvalue weighted by molar-refractivity contribution is 8.00. The van der Waals surface area contributed by atoms with Crippen molar-refractivity contribution in [2.45, 2.75) is 4.90 Å². The average molecular weight is 245 g/mol. The lowest BCUT2D eigenvalue weighted by atomic mass is 10.2. The minimum atomic E-state index is 1.05. The van der Waals surface area contributed by atoms with E-state index in [1.54, 1.807) is 6.20 Å². The molecule has 0 bridgehead atoms. The first-order valence-corrected chi connectivity index (χ1v) is 5.98. The predicted molar refractivity (Wildman–Crippen MR) is 68.8 cm³/mol. The molecule has 5 nitrogen and oxygen atoms in total. The van der Waals surface area contributed by atoms with Gasteiger partial charge in [-0.25, -0.2) is 0 Å². The molecule has 2 N–H and O–H groups in total. The van der Waals surface area contributed by atoms with Crippen LogP contribution in [-0.2, 0) is 7.05 Å². The highest BCUT2D eigenvalue weighted by Gasteiger charge is 2.05. The minimum absolute atomic E-state index is 1.05. The second-order valence-electron chi connectivity index (χ2n) is 3.65. The molecule has 17 heavy (non-hydrogen) atoms. The van der Waals surface area contributed by atoms with Gasteiger partial charge in [0.1, 0.15) is 0 Å². The van der Waals surface area contributed by atoms with Crippen molar-refractivity contribution in [3.63, 3.8) is 0 Å². The highest BCUT2D eigenvalue weighted by atomic mass is 32.2. The number of aromatic amines is 1. The van der Waals surface area contributed by atoms with Crippen molar-refractivity contribution in [1.82, 2.24) is 20.0 Å². The zero-order valence-electron chi connectivity index (χ0n) is 9.21. The summed E-state index contributed by atoms with van der Waals surface area (Å²) in [7, 11) is 1.94. The van der Waals surface area contributed by atoms with Gasteiger partial charge in [-0.05, 0) is 18.0 Å². The smallest absolute Gasteiger partial charge is 0.0918 e. The largest absolute Gasteiger partial charge is 0.324 e. The monoisotopic (exact) mass is 245 g/mol. The summed E-state index contributed by atoms with van der Waals surface area (Å²) in [5.74, 6) is 0. The Balaban J connectivity index is 1.92. The van der Waals surface area contributed by atoms with Crippen LogP contribution in [0.4, 0.5) is 5.69 Å². The van der Waals surface area contributed by atoms with Crippen LogP contribution in [0.5, 0.6) is 0 Å². The molecule has 2 heterocycles. The molecule has 3 aromatic rings. The number of aryl methyl sites for hydroxylation is 1. The van der Waals surface area contributed by atoms with Crippen LogP contribution in [0.1, 0.15) is 0 Å². The van der Waals surface area contributed by atoms with Crippen molar-refractivity contribution in [2.75, 3.05) is 4.72 Å². The molecule has 0 spiro atoms. The van der Waals surface area contributed by atoms with E-state index < -0.39 is 0 Å². The first kappa shape index (κ1) is 10.2. The summed E-state index contributed by atoms with van der Waals surface area (Å²) in [5, 5.41) is 12.1. The van der Waals surface area contributed by atoms with E-state index in [1.807, 2.05) is 36.3 Å². The lowest BCUT2D eigenvalue weighted by Gasteiger charge is -2.06. The van der Waals surface area contributed by atoms with Gasteiger partial charge in [-0.3, -0.25) is 9.78 Å². The number of anilines is 1. The lowest BCUT2D eigenvalue weighted by Crippen LogP contribution is -1.94. The first-order chi connectivity index (χ1) is 8.34. The van der Waals surface area contributed by atoms with E-state index in [0.717, 1.165) is 21.5 Å². The van der Waals surface area contributed by atoms with Crippen LogP contribution < -0.4 is 4.72 Å². The molecular formula is C11H11N5S. The summed E-state index contributed by atoms with van der Waals surface area (Å²) in [5.41, 5.74) is 2.15. The Hall–Kier alpha value is -1.95. The molecule has 0 amide bonds. The van der Waals surface area contributed by atoms with Crippen molar-refractivity contribution in [2.24, 2.45) is 7.05 Å². The SMILES string of the molecule is Cn1ncc2cccc(NSc3cn[nH]c3)c21. The van der Waals surface area contributed by atoms with Crippen LogP contribution in [-0.4, -0.2) is 20.0 Å². The van der Waals surface area contributed by atoms with Gasteiger partial charge in [-0.15, -0.1) is 0 Å². The molecule has 1 aromatic carbocycles. The molecule has 6 heteroatoms. The van der Waals surface area contributed by atoms with Crippen LogP contribution in [0.15, 0.2) is 41.7 Å². The van der Waals surface area contributed by atoms with Crippen LogP contribution in [0.3, 0.4) is 0 Å². The van der Waals surface area contributed by atoms with E-state index in [0.29, 0.717) is 0 Å². The summed E-state index contributed by atoms with van der Waals surface area (Å²) >= 11 is 1.52. The molecule has 3 rings (SSSR count). The van der Waals surface area contributed by atoms with E-state index in [9.17, 15) is 0 Å². The fraction of sp³-hybridized carbons (Fsp3) is 0.0909. The molecule has 0 saturated carbocycles. The molecule has 2 aromatic heterocycles. The summed E-state index contributed by atoms with van der Waals surface area (Å²) in [6, 6.07) is 6.11. The fourth-order valence-electron chi connectivity index (χ4n) is 1.72. The number of rotatable bonds is 3. The predicted octanol–water partition coefficient (Wildman–Crippen LogP) is 2.42. The molecule has 86 valence electrons. The van der Waals surface area contributed by atoms with E-state index in [-0.39, 0.29) is 0 Å². The number of para-hydroxylation sites is 1. The number of nitrogens with zero attached hydrogens (tertiary/aromatic N) is 3. The minimum Gasteiger partial charge on any atom is -0.324 e. The Morgan fingerprint density at radius 1 is 1.35 bits per heavy atom. The first-order valence-electron chi connectivity index (χ1n) is 5.17. The van der Waals surface area contributed by atoms with Gasteiger partial charge in [-0.1, -0.05) is 12.1 Å². The Morgan fingerprint density at radius 3 is 3.12 bits per heavy atom. The third kappa shape index (κ3) is 1.87. The maximum Gasteiger partial charge on any atom is 0.0918 e. The van der Waals surface area contributed by atoms with Crippen molar-refractivity contribution in [1.29, 1.82) is 0 Å². The zero-order valence-corrected chi connectivity index (χ0v) is 10.0. The summed E-state index contributed by atoms with van der Waals surface area (Å²) in [6.07, 6.45) is 5.49. The molecule has 0 atom stereocenters. The van der Waals surface area contributed by atoms with Gasteiger partial charge in [0, 0.05) is 18.6 Å². The lowest BCUT2D eigenvalue weighted by molar-refractivity contribution is 0.798. The van der Waals surface area contributed by atoms with Crippen molar-refractivity contribution in [3.8, 4) is 0 Å². The van der Waals surface area contributed by atoms with Crippen molar-refractivity contribution in [3.05, 3.63) is 36.8 Å². The van der Waals surface area contributed by atoms with Gasteiger partial charge in [-0.2, -0.15) is 10.2 Å². The maximum absolute atomic E-state index is 4.25. The number of hydrogen-bond donors (Lipinski definition) is 2. The van der Waals surface area contributed by atoms with Gasteiger partial charge in [0.2, 0.25) is 0 Å². The molecule has 0 unspecified atom stereocenters. The van der Waals surface area contributed by atoms with Crippen LogP contribution in [0.25, 0.3) is 10.9 Å². The Bertz CT molecular complexity index is 628. The zero-order chi connectivity index (χ0) is 11.7. The van der Waals surface area contributed by atoms with Crippen LogP contribution in [0.2, 0.25) is 0 Å². The summed E-state index contributed by atoms with van der Waals surface area (Å²) in [4.78, 5) is 1.05. The molecule has 0 fully saturated rings. The number of H-pyrrole nitrogens is 1. The maximum atomic E-state index is 4.25. The van der Waals surface area contributed by atoms with Crippen molar-refractivity contribution >= 4 is 28.5 Å². The normalized spacial score (nSPS) is 10.9. The van der Waals surface area contributed by atoms with Crippen LogP contribution >= 0.6 is 11.9 Å². The number of hydrogen-bond acceptors (Lipinski definition) is 4. The van der Waals surface area contributed by atoms with Crippen molar-refractivity contribution < 1.29 is 0 Å². The second-order valence-corrected chi connectivity index (χ2v) is 4.53. The Morgan fingerprint density at radius 2 is 2.29 bits per heavy atom. The molecule has 0 radical (unpaired) electrons. The number of nitrogens with one attached hydrogen (secondary N) is 2. The number of aromatic nitrogens is 4. The third-order valence-corrected chi connectivity index (χ3v) is 3.29. The second kappa shape index (κ2) is 4.14. The third-order valence-electron chi connectivity index (χ3n) is 2.51. The number of fused-ring (bicyclic) bond motifs is 1. The topological polar surface area (TPSA) is 58.5 Å². The van der Waals surface area contributed by atoms with Crippen LogP contribution in [0, 0.1) is 0 Å². The van der Waals surface area contributed by atoms with E-state index >= 15 is 0 Å². The van der Waals surface area contributed by atoms with Gasteiger partial charge < -0.3 is 4.72 Å². The van der Waals surface area contributed by atoms with Gasteiger partial charge >= 0.3 is 0 Å². The summed E-state index contributed by atoms with van der Waals surface area (Å²) in [6.45, 7) is 0. The van der Waals surface area contributed by atoms with E-state index in [2.05, 4.69) is 26.1 Å². The molecule has 0 saturated heterocycles. The molecule has 0 aliphatic heterocycles. The average Bonchev–Trinajstić information content (AvgIpc) is 2.97. The Kier molecular flexibility index (Phi) is 2.49. The number of benzene rings is 1. The fourth-order valence-corrected chi connectivity index (χ4v) is 2.33. The Labute approximate surface area is 102 Å². The standard InChI is InChI=1S/C11H11N5S/c1-16-11-8(5-14-16)3-2-4-10(11)15-17-9-6-12-13-7-9/h2-7,15H,1H3,(H,12,13). The summed E-state index contributed by atoms with van der Waals surface area (Å²) < 4.78 is 5.18. The highest BCUT2D eigenvalue weighted by Crippen LogP contribution is 2.27. The van der Waals surface area contributed by atoms with Gasteiger partial charge in [0.25, 0.3) is 0 Å². The molecule has 0 aliphatic carbocycles. The quantitative estimate of drug-likeness (QED) is 0.696. The molecule has 0 aliphatic rings.